The quantitative estimate of drug-likeness (QED) is 0.923. The molecule has 90 valence electrons. The Morgan fingerprint density at radius 1 is 1.41 bits per heavy atom. The van der Waals surface area contributed by atoms with Gasteiger partial charge >= 0.3 is 0 Å². The highest BCUT2D eigenvalue weighted by molar-refractivity contribution is 9.10. The van der Waals surface area contributed by atoms with Crippen LogP contribution in [0.1, 0.15) is 31.2 Å². The van der Waals surface area contributed by atoms with Crippen molar-refractivity contribution in [3.05, 3.63) is 34.3 Å². The number of nitrogens with zero attached hydrogens (tertiary/aromatic N) is 1. The predicted octanol–water partition coefficient (Wildman–Crippen LogP) is 3.44. The van der Waals surface area contributed by atoms with E-state index in [2.05, 4.69) is 51.6 Å². The summed E-state index contributed by atoms with van der Waals surface area (Å²) in [7, 11) is 0. The molecule has 2 rings (SSSR count). The lowest BCUT2D eigenvalue weighted by Gasteiger charge is -2.36. The third-order valence-electron chi connectivity index (χ3n) is 3.41. The highest BCUT2D eigenvalue weighted by Gasteiger charge is 2.29. The molecule has 0 aromatic heterocycles. The molecular formula is C14H17BrN2. The fourth-order valence-corrected chi connectivity index (χ4v) is 2.45. The van der Waals surface area contributed by atoms with Crippen molar-refractivity contribution in [2.75, 3.05) is 6.54 Å². The highest BCUT2D eigenvalue weighted by atomic mass is 79.9. The molecule has 0 saturated heterocycles. The number of hydrogen-bond acceptors (Lipinski definition) is 2. The molecule has 0 heterocycles. The lowest BCUT2D eigenvalue weighted by atomic mass is 9.76. The summed E-state index contributed by atoms with van der Waals surface area (Å²) in [6.45, 7) is 2.77. The van der Waals surface area contributed by atoms with Gasteiger partial charge in [0.25, 0.3) is 0 Å². The van der Waals surface area contributed by atoms with Crippen molar-refractivity contribution in [1.82, 2.24) is 5.32 Å². The molecule has 0 amide bonds. The summed E-state index contributed by atoms with van der Waals surface area (Å²) >= 11 is 3.45. The van der Waals surface area contributed by atoms with Gasteiger partial charge in [-0.1, -0.05) is 28.1 Å². The summed E-state index contributed by atoms with van der Waals surface area (Å²) < 4.78 is 1.14. The van der Waals surface area contributed by atoms with E-state index in [1.165, 1.54) is 18.4 Å². The van der Waals surface area contributed by atoms with Gasteiger partial charge in [-0.2, -0.15) is 5.26 Å². The van der Waals surface area contributed by atoms with E-state index in [0.717, 1.165) is 11.0 Å². The Kier molecular flexibility index (Phi) is 4.20. The van der Waals surface area contributed by atoms with E-state index >= 15 is 0 Å². The first kappa shape index (κ1) is 12.6. The summed E-state index contributed by atoms with van der Waals surface area (Å²) in [6.07, 6.45) is 2.39. The molecule has 3 heteroatoms. The van der Waals surface area contributed by atoms with Crippen LogP contribution in [0.25, 0.3) is 0 Å². The summed E-state index contributed by atoms with van der Waals surface area (Å²) in [4.78, 5) is 0. The van der Waals surface area contributed by atoms with Gasteiger partial charge in [0.1, 0.15) is 0 Å². The first-order valence-electron chi connectivity index (χ1n) is 6.07. The maximum Gasteiger partial charge on any atom is 0.0666 e. The number of benzene rings is 1. The number of nitriles is 1. The topological polar surface area (TPSA) is 35.8 Å². The SMILES string of the molecule is CC(C#N)CNC1CC(c2ccc(Br)cc2)C1. The van der Waals surface area contributed by atoms with E-state index in [4.69, 9.17) is 5.26 Å². The van der Waals surface area contributed by atoms with E-state index in [9.17, 15) is 0 Å². The second-order valence-corrected chi connectivity index (χ2v) is 5.77. The van der Waals surface area contributed by atoms with Crippen molar-refractivity contribution in [2.24, 2.45) is 5.92 Å². The van der Waals surface area contributed by atoms with E-state index in [1.54, 1.807) is 0 Å². The third-order valence-corrected chi connectivity index (χ3v) is 3.94. The summed E-state index contributed by atoms with van der Waals surface area (Å²) in [5.41, 5.74) is 1.43. The molecule has 1 saturated carbocycles. The first-order chi connectivity index (χ1) is 8.19. The van der Waals surface area contributed by atoms with Gasteiger partial charge in [-0.25, -0.2) is 0 Å². The fourth-order valence-electron chi connectivity index (χ4n) is 2.18. The smallest absolute Gasteiger partial charge is 0.0666 e. The van der Waals surface area contributed by atoms with Crippen molar-refractivity contribution < 1.29 is 0 Å². The standard InChI is InChI=1S/C14H17BrN2/c1-10(8-16)9-17-14-6-12(7-14)11-2-4-13(15)5-3-11/h2-5,10,12,14,17H,6-7,9H2,1H3. The van der Waals surface area contributed by atoms with Gasteiger partial charge in [-0.3, -0.25) is 0 Å². The Labute approximate surface area is 111 Å². The largest absolute Gasteiger partial charge is 0.313 e. The summed E-state index contributed by atoms with van der Waals surface area (Å²) in [5, 5.41) is 12.1. The van der Waals surface area contributed by atoms with E-state index in [1.807, 2.05) is 6.92 Å². The minimum absolute atomic E-state index is 0.113. The van der Waals surface area contributed by atoms with E-state index < -0.39 is 0 Å². The van der Waals surface area contributed by atoms with Crippen molar-refractivity contribution >= 4 is 15.9 Å². The number of rotatable bonds is 4. The number of halogens is 1. The average Bonchev–Trinajstić information content (AvgIpc) is 2.29. The molecule has 1 fully saturated rings. The summed E-state index contributed by atoms with van der Waals surface area (Å²) in [5.74, 6) is 0.805. The molecule has 1 aliphatic carbocycles. The van der Waals surface area contributed by atoms with Gasteiger partial charge < -0.3 is 5.32 Å². The molecule has 1 atom stereocenters. The number of nitrogens with one attached hydrogen (secondary N) is 1. The maximum absolute atomic E-state index is 8.70. The Bertz CT molecular complexity index is 401. The van der Waals surface area contributed by atoms with Crippen molar-refractivity contribution in [3.8, 4) is 6.07 Å². The van der Waals surface area contributed by atoms with Crippen LogP contribution in [0.15, 0.2) is 28.7 Å². The highest BCUT2D eigenvalue weighted by Crippen LogP contribution is 2.37. The normalized spacial score (nSPS) is 24.8. The van der Waals surface area contributed by atoms with Crippen molar-refractivity contribution in [3.63, 3.8) is 0 Å². The van der Waals surface area contributed by atoms with Gasteiger partial charge in [0.2, 0.25) is 0 Å². The van der Waals surface area contributed by atoms with Crippen LogP contribution in [0.2, 0.25) is 0 Å². The van der Waals surface area contributed by atoms with Crippen LogP contribution in [0, 0.1) is 17.2 Å². The van der Waals surface area contributed by atoms with Crippen LogP contribution in [-0.2, 0) is 0 Å². The Balaban J connectivity index is 1.75. The molecule has 0 bridgehead atoms. The Morgan fingerprint density at radius 2 is 2.06 bits per heavy atom. The van der Waals surface area contributed by atoms with Gasteiger partial charge in [-0.05, 0) is 43.4 Å². The molecule has 1 aromatic carbocycles. The Hall–Kier alpha value is -0.850. The Morgan fingerprint density at radius 3 is 2.65 bits per heavy atom. The molecule has 1 aliphatic rings. The van der Waals surface area contributed by atoms with Gasteiger partial charge in [0.05, 0.1) is 12.0 Å². The molecular weight excluding hydrogens is 276 g/mol. The first-order valence-corrected chi connectivity index (χ1v) is 6.87. The van der Waals surface area contributed by atoms with Crippen LogP contribution in [0.4, 0.5) is 0 Å². The fraction of sp³-hybridized carbons (Fsp3) is 0.500. The molecule has 0 spiro atoms. The zero-order valence-corrected chi connectivity index (χ0v) is 11.6. The lowest BCUT2D eigenvalue weighted by molar-refractivity contribution is 0.286. The molecule has 1 aromatic rings. The van der Waals surface area contributed by atoms with Crippen LogP contribution >= 0.6 is 15.9 Å². The third kappa shape index (κ3) is 3.31. The zero-order valence-electron chi connectivity index (χ0n) is 9.99. The van der Waals surface area contributed by atoms with Crippen molar-refractivity contribution in [2.45, 2.75) is 31.7 Å². The summed E-state index contributed by atoms with van der Waals surface area (Å²) in [6, 6.07) is 11.5. The van der Waals surface area contributed by atoms with Crippen LogP contribution in [-0.4, -0.2) is 12.6 Å². The van der Waals surface area contributed by atoms with Crippen LogP contribution in [0.3, 0.4) is 0 Å². The molecule has 0 aliphatic heterocycles. The van der Waals surface area contributed by atoms with Crippen LogP contribution in [0.5, 0.6) is 0 Å². The maximum atomic E-state index is 8.70. The molecule has 2 nitrogen and oxygen atoms in total. The van der Waals surface area contributed by atoms with Gasteiger partial charge in [-0.15, -0.1) is 0 Å². The molecule has 0 radical (unpaired) electrons. The molecule has 1 N–H and O–H groups in total. The van der Waals surface area contributed by atoms with E-state index in [-0.39, 0.29) is 5.92 Å². The second kappa shape index (κ2) is 5.66. The van der Waals surface area contributed by atoms with Gasteiger partial charge in [0, 0.05) is 17.1 Å². The minimum Gasteiger partial charge on any atom is -0.313 e. The molecule has 17 heavy (non-hydrogen) atoms. The second-order valence-electron chi connectivity index (χ2n) is 4.86. The lowest BCUT2D eigenvalue weighted by Crippen LogP contribution is -2.41. The predicted molar refractivity (Wildman–Crippen MR) is 72.7 cm³/mol. The van der Waals surface area contributed by atoms with Crippen LogP contribution < -0.4 is 5.32 Å². The van der Waals surface area contributed by atoms with E-state index in [0.29, 0.717) is 12.0 Å². The van der Waals surface area contributed by atoms with Gasteiger partial charge in [0.15, 0.2) is 0 Å². The molecule has 1 unspecified atom stereocenters. The minimum atomic E-state index is 0.113. The van der Waals surface area contributed by atoms with Crippen molar-refractivity contribution in [1.29, 1.82) is 5.26 Å². The monoisotopic (exact) mass is 292 g/mol. The zero-order chi connectivity index (χ0) is 12.3. The number of hydrogen-bond donors (Lipinski definition) is 1. The average molecular weight is 293 g/mol.